The molecule has 0 fully saturated rings. The van der Waals surface area contributed by atoms with Crippen LogP contribution in [0.15, 0.2) is 91.1 Å². The van der Waals surface area contributed by atoms with Crippen LogP contribution >= 0.6 is 0 Å². The highest BCUT2D eigenvalue weighted by atomic mass is 16.5. The van der Waals surface area contributed by atoms with E-state index < -0.39 is 0 Å². The second kappa shape index (κ2) is 10.3. The Balaban J connectivity index is 1.16. The molecule has 8 nitrogen and oxygen atoms in total. The van der Waals surface area contributed by atoms with Crippen molar-refractivity contribution in [1.82, 2.24) is 24.8 Å². The van der Waals surface area contributed by atoms with Crippen molar-refractivity contribution in [2.75, 3.05) is 28.2 Å². The Bertz CT molecular complexity index is 1760. The number of ether oxygens (including phenoxy) is 1. The third-order valence-corrected chi connectivity index (χ3v) is 7.10. The van der Waals surface area contributed by atoms with Crippen molar-refractivity contribution in [3.05, 3.63) is 102 Å². The minimum atomic E-state index is 0.466. The summed E-state index contributed by atoms with van der Waals surface area (Å²) in [6, 6.07) is 28.0. The summed E-state index contributed by atoms with van der Waals surface area (Å²) in [5.74, 6) is 2.32. The molecule has 3 aromatic carbocycles. The molecule has 0 amide bonds. The van der Waals surface area contributed by atoms with Crippen LogP contribution in [0.4, 0.5) is 0 Å². The average Bonchev–Trinajstić information content (AvgIpc) is 3.60. The number of rotatable bonds is 6. The number of aromatic amines is 2. The molecule has 0 saturated heterocycles. The van der Waals surface area contributed by atoms with Gasteiger partial charge in [0.25, 0.3) is 0 Å². The molecule has 3 aromatic heterocycles. The van der Waals surface area contributed by atoms with Gasteiger partial charge >= 0.3 is 0 Å². The first kappa shape index (κ1) is 25.9. The van der Waals surface area contributed by atoms with E-state index in [0.29, 0.717) is 17.4 Å². The summed E-state index contributed by atoms with van der Waals surface area (Å²) >= 11 is 0. The summed E-state index contributed by atoms with van der Waals surface area (Å²) in [5, 5.41) is 18.6. The highest BCUT2D eigenvalue weighted by Crippen LogP contribution is 2.30. The molecule has 204 valence electrons. The van der Waals surface area contributed by atoms with E-state index in [2.05, 4.69) is 27.1 Å². The molecule has 3 heterocycles. The minimum Gasteiger partial charge on any atom is -0.456 e. The number of nitrogens with zero attached hydrogens (tertiary/aromatic N) is 3. The van der Waals surface area contributed by atoms with Crippen LogP contribution in [0.1, 0.15) is 11.1 Å². The molecule has 6 rings (SSSR count). The van der Waals surface area contributed by atoms with E-state index in [1.54, 1.807) is 16.0 Å². The number of hydrogen-bond acceptors (Lipinski definition) is 4. The van der Waals surface area contributed by atoms with Crippen LogP contribution in [0.5, 0.6) is 11.5 Å². The van der Waals surface area contributed by atoms with E-state index in [4.69, 9.17) is 15.6 Å². The normalized spacial score (nSPS) is 11.1. The van der Waals surface area contributed by atoms with Gasteiger partial charge in [-0.3, -0.25) is 15.8 Å². The molecule has 0 unspecified atom stereocenters. The smallest absolute Gasteiger partial charge is 0.145 e. The zero-order valence-electron chi connectivity index (χ0n) is 23.4. The molecule has 8 heteroatoms. The van der Waals surface area contributed by atoms with Gasteiger partial charge in [-0.2, -0.15) is 0 Å². The van der Waals surface area contributed by atoms with Gasteiger partial charge < -0.3 is 24.5 Å². The maximum atomic E-state index is 8.24. The Morgan fingerprint density at radius 3 is 1.71 bits per heavy atom. The summed E-state index contributed by atoms with van der Waals surface area (Å²) in [6.45, 7) is 0. The van der Waals surface area contributed by atoms with E-state index >= 15 is 0 Å². The third kappa shape index (κ3) is 5.15. The molecule has 0 atom stereocenters. The van der Waals surface area contributed by atoms with Gasteiger partial charge in [-0.1, -0.05) is 24.3 Å². The molecule has 6 aromatic rings. The van der Waals surface area contributed by atoms with Crippen molar-refractivity contribution in [3.8, 4) is 34.1 Å². The number of nitrogens with one attached hydrogen (secondary N) is 4. The number of benzene rings is 3. The quantitative estimate of drug-likeness (QED) is 0.135. The Morgan fingerprint density at radius 2 is 1.17 bits per heavy atom. The highest BCUT2D eigenvalue weighted by molar-refractivity contribution is 6.01. The van der Waals surface area contributed by atoms with Crippen LogP contribution in [0.25, 0.3) is 44.5 Å². The topological polar surface area (TPSA) is 108 Å². The zero-order valence-corrected chi connectivity index (χ0v) is 23.4. The maximum Gasteiger partial charge on any atom is 0.145 e. The zero-order chi connectivity index (χ0) is 28.7. The van der Waals surface area contributed by atoms with Gasteiger partial charge in [0.15, 0.2) is 0 Å². The lowest BCUT2D eigenvalue weighted by Crippen LogP contribution is -2.21. The molecular weight excluding hydrogens is 510 g/mol. The summed E-state index contributed by atoms with van der Waals surface area (Å²) in [6.07, 6.45) is 1.72. The Labute approximate surface area is 238 Å². The summed E-state index contributed by atoms with van der Waals surface area (Å²) in [5.41, 5.74) is 7.49. The maximum absolute atomic E-state index is 8.24. The molecule has 41 heavy (non-hydrogen) atoms. The van der Waals surface area contributed by atoms with E-state index in [-0.39, 0.29) is 0 Å². The third-order valence-electron chi connectivity index (χ3n) is 7.10. The fraction of sp³-hybridized carbons (Fsp3) is 0.121. The molecule has 0 aliphatic rings. The minimum absolute atomic E-state index is 0.466. The Morgan fingerprint density at radius 1 is 0.634 bits per heavy atom. The van der Waals surface area contributed by atoms with Crippen molar-refractivity contribution in [1.29, 1.82) is 10.8 Å². The molecule has 0 saturated carbocycles. The number of H-pyrrole nitrogens is 2. The number of aromatic nitrogens is 3. The van der Waals surface area contributed by atoms with Crippen LogP contribution in [0.2, 0.25) is 0 Å². The summed E-state index contributed by atoms with van der Waals surface area (Å²) in [7, 11) is 7.49. The second-order valence-corrected chi connectivity index (χ2v) is 10.5. The van der Waals surface area contributed by atoms with Crippen molar-refractivity contribution in [2.24, 2.45) is 0 Å². The predicted molar refractivity (Wildman–Crippen MR) is 166 cm³/mol. The van der Waals surface area contributed by atoms with Gasteiger partial charge in [0.1, 0.15) is 23.2 Å². The van der Waals surface area contributed by atoms with E-state index in [0.717, 1.165) is 61.3 Å². The molecule has 0 spiro atoms. The number of pyridine rings is 1. The number of fused-ring (bicyclic) bond motifs is 2. The molecule has 4 N–H and O–H groups in total. The lowest BCUT2D eigenvalue weighted by molar-refractivity contribution is 0.480. The van der Waals surface area contributed by atoms with E-state index in [1.807, 2.05) is 101 Å². The van der Waals surface area contributed by atoms with Gasteiger partial charge in [-0.05, 0) is 66.2 Å². The average molecular weight is 542 g/mol. The largest absolute Gasteiger partial charge is 0.456 e. The Kier molecular flexibility index (Phi) is 6.51. The SMILES string of the molecule is CN(C)C(=N)c1ccc2cc(-c3ccc(Oc4ccc(-c5cc6ccc(C(=N)N(C)C)cc6[nH]5)nc4)cc3)[nH]c2c1. The van der Waals surface area contributed by atoms with Gasteiger partial charge in [-0.25, -0.2) is 0 Å². The summed E-state index contributed by atoms with van der Waals surface area (Å²) < 4.78 is 6.07. The van der Waals surface area contributed by atoms with Crippen molar-refractivity contribution in [3.63, 3.8) is 0 Å². The fourth-order valence-corrected chi connectivity index (χ4v) is 4.80. The standard InChI is InChI=1S/C33H31N7O/c1-39(2)32(34)23-7-5-21-15-28(37-29(21)17-23)20-9-11-25(12-10-20)41-26-13-14-27(36-19-26)31-16-22-6-8-24(18-30(22)38-31)33(35)40(3)4/h5-19,34-35,37-38H,1-4H3. The number of hydrogen-bond donors (Lipinski definition) is 4. The monoisotopic (exact) mass is 541 g/mol. The van der Waals surface area contributed by atoms with E-state index in [1.165, 1.54) is 0 Å². The molecular formula is C33H31N7O. The van der Waals surface area contributed by atoms with E-state index in [9.17, 15) is 0 Å². The second-order valence-electron chi connectivity index (χ2n) is 10.5. The van der Waals surface area contributed by atoms with Crippen LogP contribution in [0, 0.1) is 10.8 Å². The van der Waals surface area contributed by atoms with Gasteiger partial charge in [-0.15, -0.1) is 0 Å². The fourth-order valence-electron chi connectivity index (χ4n) is 4.80. The first-order chi connectivity index (χ1) is 19.7. The van der Waals surface area contributed by atoms with Crippen LogP contribution < -0.4 is 4.74 Å². The lowest BCUT2D eigenvalue weighted by Gasteiger charge is -2.13. The van der Waals surface area contributed by atoms with Crippen LogP contribution in [-0.2, 0) is 0 Å². The van der Waals surface area contributed by atoms with Gasteiger partial charge in [0, 0.05) is 66.8 Å². The van der Waals surface area contributed by atoms with Crippen molar-refractivity contribution >= 4 is 33.5 Å². The molecule has 0 aliphatic carbocycles. The number of amidine groups is 2. The van der Waals surface area contributed by atoms with Crippen LogP contribution in [0.3, 0.4) is 0 Å². The highest BCUT2D eigenvalue weighted by Gasteiger charge is 2.11. The van der Waals surface area contributed by atoms with Crippen LogP contribution in [-0.4, -0.2) is 64.6 Å². The van der Waals surface area contributed by atoms with Crippen molar-refractivity contribution in [2.45, 2.75) is 0 Å². The molecule has 0 radical (unpaired) electrons. The predicted octanol–water partition coefficient (Wildman–Crippen LogP) is 6.94. The van der Waals surface area contributed by atoms with Crippen molar-refractivity contribution < 1.29 is 4.74 Å². The lowest BCUT2D eigenvalue weighted by atomic mass is 10.1. The molecule has 0 aliphatic heterocycles. The first-order valence-electron chi connectivity index (χ1n) is 13.3. The van der Waals surface area contributed by atoms with Gasteiger partial charge in [0.2, 0.25) is 0 Å². The molecule has 0 bridgehead atoms. The first-order valence-corrected chi connectivity index (χ1v) is 13.3. The summed E-state index contributed by atoms with van der Waals surface area (Å²) in [4.78, 5) is 15.1. The Hall–Kier alpha value is -5.37. The van der Waals surface area contributed by atoms with Gasteiger partial charge in [0.05, 0.1) is 17.6 Å².